The van der Waals surface area contributed by atoms with Crippen LogP contribution >= 0.6 is 0 Å². The highest BCUT2D eigenvalue weighted by Crippen LogP contribution is 2.26. The number of fused-ring (bicyclic) bond motifs is 1. The van der Waals surface area contributed by atoms with Crippen LogP contribution in [-0.4, -0.2) is 32.0 Å². The molecule has 0 unspecified atom stereocenters. The summed E-state index contributed by atoms with van der Waals surface area (Å²) >= 11 is 0. The first kappa shape index (κ1) is 14.5. The molecule has 0 radical (unpaired) electrons. The van der Waals surface area contributed by atoms with E-state index in [2.05, 4.69) is 4.40 Å². The van der Waals surface area contributed by atoms with Crippen LogP contribution in [0.5, 0.6) is 0 Å². The second-order valence-corrected chi connectivity index (χ2v) is 5.99. The third-order valence-electron chi connectivity index (χ3n) is 2.87. The van der Waals surface area contributed by atoms with Crippen molar-refractivity contribution in [2.45, 2.75) is 30.6 Å². The average Bonchev–Trinajstić information content (AvgIpc) is 2.66. The Labute approximate surface area is 117 Å². The third kappa shape index (κ3) is 3.36. The molecule has 6 nitrogen and oxygen atoms in total. The Morgan fingerprint density at radius 2 is 1.95 bits per heavy atom. The van der Waals surface area contributed by atoms with Gasteiger partial charge < -0.3 is 9.84 Å². The summed E-state index contributed by atoms with van der Waals surface area (Å²) in [6, 6.07) is 6.52. The number of carboxylic acids is 1. The zero-order chi connectivity index (χ0) is 14.6. The lowest BCUT2D eigenvalue weighted by Gasteiger charge is -2.05. The Morgan fingerprint density at radius 1 is 1.20 bits per heavy atom. The Bertz CT molecular complexity index is 636. The van der Waals surface area contributed by atoms with E-state index in [1.54, 1.807) is 18.2 Å². The van der Waals surface area contributed by atoms with Gasteiger partial charge in [0.15, 0.2) is 0 Å². The number of benzene rings is 1. The van der Waals surface area contributed by atoms with Gasteiger partial charge >= 0.3 is 5.97 Å². The molecule has 108 valence electrons. The van der Waals surface area contributed by atoms with Crippen molar-refractivity contribution in [1.82, 2.24) is 0 Å². The molecule has 0 aromatic heterocycles. The third-order valence-corrected chi connectivity index (χ3v) is 4.19. The zero-order valence-corrected chi connectivity index (χ0v) is 11.6. The van der Waals surface area contributed by atoms with Crippen LogP contribution in [0.3, 0.4) is 0 Å². The van der Waals surface area contributed by atoms with E-state index in [9.17, 15) is 13.2 Å². The number of rotatable bonds is 6. The van der Waals surface area contributed by atoms with Crippen LogP contribution in [0, 0.1) is 0 Å². The summed E-state index contributed by atoms with van der Waals surface area (Å²) in [5.74, 6) is -0.690. The summed E-state index contributed by atoms with van der Waals surface area (Å²) in [5, 5.41) is 8.49. The molecule has 20 heavy (non-hydrogen) atoms. The maximum absolute atomic E-state index is 11.7. The fourth-order valence-corrected chi connectivity index (χ4v) is 3.06. The van der Waals surface area contributed by atoms with Gasteiger partial charge in [-0.05, 0) is 31.4 Å². The van der Waals surface area contributed by atoms with E-state index < -0.39 is 16.0 Å². The Kier molecular flexibility index (Phi) is 4.39. The van der Waals surface area contributed by atoms with Gasteiger partial charge in [-0.1, -0.05) is 12.1 Å². The van der Waals surface area contributed by atoms with Crippen molar-refractivity contribution >= 4 is 21.9 Å². The number of hydrogen-bond donors (Lipinski definition) is 1. The maximum atomic E-state index is 11.7. The van der Waals surface area contributed by atoms with Crippen molar-refractivity contribution in [3.05, 3.63) is 29.8 Å². The molecule has 0 fully saturated rings. The molecule has 0 atom stereocenters. The quantitative estimate of drug-likeness (QED) is 0.808. The molecule has 0 amide bonds. The van der Waals surface area contributed by atoms with Crippen LogP contribution in [0.15, 0.2) is 33.6 Å². The second kappa shape index (κ2) is 6.04. The Balaban J connectivity index is 1.87. The summed E-state index contributed by atoms with van der Waals surface area (Å²) < 4.78 is 32.5. The fourth-order valence-electron chi connectivity index (χ4n) is 1.90. The van der Waals surface area contributed by atoms with Crippen molar-refractivity contribution in [1.29, 1.82) is 0 Å². The summed E-state index contributed by atoms with van der Waals surface area (Å²) in [5.41, 5.74) is 0.484. The van der Waals surface area contributed by atoms with Crippen LogP contribution in [0.25, 0.3) is 0 Å². The first-order chi connectivity index (χ1) is 9.50. The van der Waals surface area contributed by atoms with Crippen molar-refractivity contribution in [3.63, 3.8) is 0 Å². The van der Waals surface area contributed by atoms with Crippen molar-refractivity contribution in [2.24, 2.45) is 4.40 Å². The predicted octanol–water partition coefficient (Wildman–Crippen LogP) is 1.80. The minimum atomic E-state index is -3.63. The maximum Gasteiger partial charge on any atom is 0.303 e. The smallest absolute Gasteiger partial charge is 0.303 e. The number of unbranched alkanes of at least 4 members (excludes halogenated alkanes) is 2. The summed E-state index contributed by atoms with van der Waals surface area (Å²) in [7, 11) is -3.63. The highest BCUT2D eigenvalue weighted by Gasteiger charge is 2.29. The molecule has 1 heterocycles. The minimum Gasteiger partial charge on any atom is -0.481 e. The molecule has 0 aliphatic carbocycles. The molecule has 1 aromatic carbocycles. The molecule has 1 aromatic rings. The lowest BCUT2D eigenvalue weighted by molar-refractivity contribution is -0.137. The van der Waals surface area contributed by atoms with Gasteiger partial charge in [0.05, 0.1) is 12.2 Å². The van der Waals surface area contributed by atoms with Crippen molar-refractivity contribution in [2.75, 3.05) is 6.61 Å². The van der Waals surface area contributed by atoms with E-state index in [1.165, 1.54) is 6.07 Å². The van der Waals surface area contributed by atoms with E-state index in [0.29, 0.717) is 31.4 Å². The number of nitrogens with zero attached hydrogens (tertiary/aromatic N) is 1. The van der Waals surface area contributed by atoms with Gasteiger partial charge in [0.25, 0.3) is 10.0 Å². The monoisotopic (exact) mass is 297 g/mol. The van der Waals surface area contributed by atoms with Crippen LogP contribution < -0.4 is 0 Å². The molecule has 2 rings (SSSR count). The van der Waals surface area contributed by atoms with Crippen molar-refractivity contribution in [3.8, 4) is 0 Å². The van der Waals surface area contributed by atoms with E-state index in [1.807, 2.05) is 0 Å². The number of carbonyl (C=O) groups is 1. The first-order valence-electron chi connectivity index (χ1n) is 6.30. The van der Waals surface area contributed by atoms with Crippen LogP contribution in [0.2, 0.25) is 0 Å². The van der Waals surface area contributed by atoms with Gasteiger partial charge in [0.2, 0.25) is 5.90 Å². The Hall–Kier alpha value is -1.89. The molecule has 1 aliphatic rings. The van der Waals surface area contributed by atoms with Gasteiger partial charge in [0, 0.05) is 6.42 Å². The molecule has 0 bridgehead atoms. The van der Waals surface area contributed by atoms with E-state index in [4.69, 9.17) is 9.84 Å². The standard InChI is InChI=1S/C13H15NO5S/c15-12(16)8-2-1-5-9-19-13-10-6-3-4-7-11(10)20(17,18)14-13/h3-4,6-7H,1-2,5,8-9H2,(H,15,16). The number of carboxylic acid groups (broad SMARTS) is 1. The van der Waals surface area contributed by atoms with Gasteiger partial charge in [0.1, 0.15) is 4.90 Å². The van der Waals surface area contributed by atoms with Crippen LogP contribution in [0.1, 0.15) is 31.2 Å². The zero-order valence-electron chi connectivity index (χ0n) is 10.8. The van der Waals surface area contributed by atoms with Crippen LogP contribution in [0.4, 0.5) is 0 Å². The highest BCUT2D eigenvalue weighted by atomic mass is 32.2. The highest BCUT2D eigenvalue weighted by molar-refractivity contribution is 7.90. The summed E-state index contributed by atoms with van der Waals surface area (Å²) in [6.07, 6.45) is 2.10. The normalized spacial score (nSPS) is 15.5. The topological polar surface area (TPSA) is 93.0 Å². The molecule has 1 N–H and O–H groups in total. The predicted molar refractivity (Wildman–Crippen MR) is 72.2 cm³/mol. The number of hydrogen-bond acceptors (Lipinski definition) is 4. The summed E-state index contributed by atoms with van der Waals surface area (Å²) in [6.45, 7) is 0.322. The van der Waals surface area contributed by atoms with Gasteiger partial charge in [-0.3, -0.25) is 4.79 Å². The number of sulfonamides is 1. The van der Waals surface area contributed by atoms with Gasteiger partial charge in [-0.15, -0.1) is 4.40 Å². The van der Waals surface area contributed by atoms with Gasteiger partial charge in [-0.2, -0.15) is 8.42 Å². The molecule has 0 saturated heterocycles. The van der Waals surface area contributed by atoms with Crippen LogP contribution in [-0.2, 0) is 19.6 Å². The molecule has 0 spiro atoms. The molecule has 0 saturated carbocycles. The fraction of sp³-hybridized carbons (Fsp3) is 0.385. The molecular formula is C13H15NO5S. The van der Waals surface area contributed by atoms with E-state index in [-0.39, 0.29) is 17.2 Å². The molecular weight excluding hydrogens is 282 g/mol. The minimum absolute atomic E-state index is 0.124. The lowest BCUT2D eigenvalue weighted by Crippen LogP contribution is -2.06. The summed E-state index contributed by atoms with van der Waals surface area (Å²) in [4.78, 5) is 10.5. The largest absolute Gasteiger partial charge is 0.481 e. The second-order valence-electron chi connectivity index (χ2n) is 4.42. The molecule has 7 heteroatoms. The van der Waals surface area contributed by atoms with E-state index in [0.717, 1.165) is 0 Å². The lowest BCUT2D eigenvalue weighted by atomic mass is 10.2. The number of aliphatic carboxylic acids is 1. The Morgan fingerprint density at radius 3 is 2.70 bits per heavy atom. The van der Waals surface area contributed by atoms with Crippen molar-refractivity contribution < 1.29 is 23.1 Å². The average molecular weight is 297 g/mol. The number of ether oxygens (including phenoxy) is 1. The van der Waals surface area contributed by atoms with Gasteiger partial charge in [-0.25, -0.2) is 0 Å². The SMILES string of the molecule is O=C(O)CCCCCOC1=NS(=O)(=O)c2ccccc21. The van der Waals surface area contributed by atoms with E-state index >= 15 is 0 Å². The molecule has 1 aliphatic heterocycles. The first-order valence-corrected chi connectivity index (χ1v) is 7.74.